The number of aryl methyl sites for hydroxylation is 1. The van der Waals surface area contributed by atoms with Crippen LogP contribution in [0.2, 0.25) is 0 Å². The third kappa shape index (κ3) is 5.33. The summed E-state index contributed by atoms with van der Waals surface area (Å²) in [5.41, 5.74) is 4.23. The van der Waals surface area contributed by atoms with E-state index in [-0.39, 0.29) is 17.1 Å². The van der Waals surface area contributed by atoms with Crippen molar-refractivity contribution in [2.45, 2.75) is 32.4 Å². The molecule has 1 aliphatic rings. The number of carbonyl (C=O) groups excluding carboxylic acids is 1. The molecule has 1 N–H and O–H groups in total. The molecule has 186 valence electrons. The second-order valence-corrected chi connectivity index (χ2v) is 8.83. The van der Waals surface area contributed by atoms with Gasteiger partial charge in [0, 0.05) is 30.1 Å². The maximum Gasteiger partial charge on any atom is 0.387 e. The summed E-state index contributed by atoms with van der Waals surface area (Å²) in [5.74, 6) is -0.161. The molecule has 0 unspecified atom stereocenters. The quantitative estimate of drug-likeness (QED) is 0.396. The van der Waals surface area contributed by atoms with E-state index in [4.69, 9.17) is 0 Å². The molecule has 4 aromatic rings. The first-order valence-electron chi connectivity index (χ1n) is 11.8. The summed E-state index contributed by atoms with van der Waals surface area (Å²) in [6, 6.07) is 13.1. The van der Waals surface area contributed by atoms with Crippen molar-refractivity contribution in [3.63, 3.8) is 0 Å². The zero-order chi connectivity index (χ0) is 25.1. The third-order valence-electron chi connectivity index (χ3n) is 6.36. The van der Waals surface area contributed by atoms with Crippen LogP contribution in [0.5, 0.6) is 5.75 Å². The Morgan fingerprint density at radius 1 is 1.06 bits per heavy atom. The Kier molecular flexibility index (Phi) is 6.86. The van der Waals surface area contributed by atoms with Gasteiger partial charge in [-0.1, -0.05) is 12.5 Å². The van der Waals surface area contributed by atoms with Crippen LogP contribution in [0.4, 0.5) is 14.6 Å². The number of amides is 1. The molecule has 36 heavy (non-hydrogen) atoms. The van der Waals surface area contributed by atoms with Crippen LogP contribution >= 0.6 is 0 Å². The van der Waals surface area contributed by atoms with Crippen molar-refractivity contribution in [2.24, 2.45) is 7.05 Å². The molecule has 0 aliphatic carbocycles. The Morgan fingerprint density at radius 3 is 2.58 bits per heavy atom. The molecule has 0 radical (unpaired) electrons. The van der Waals surface area contributed by atoms with E-state index in [1.807, 2.05) is 36.1 Å². The zero-order valence-corrected chi connectivity index (χ0v) is 19.8. The number of hydrogen-bond donors (Lipinski definition) is 1. The number of piperidine rings is 1. The number of benzene rings is 2. The van der Waals surface area contributed by atoms with Crippen LogP contribution in [0.15, 0.2) is 54.7 Å². The lowest BCUT2D eigenvalue weighted by atomic mass is 10.0. The Morgan fingerprint density at radius 2 is 1.83 bits per heavy atom. The number of fused-ring (bicyclic) bond motifs is 1. The largest absolute Gasteiger partial charge is 0.435 e. The number of alkyl halides is 2. The van der Waals surface area contributed by atoms with Gasteiger partial charge in [-0.25, -0.2) is 0 Å². The maximum absolute atomic E-state index is 12.6. The highest BCUT2D eigenvalue weighted by molar-refractivity contribution is 6.04. The van der Waals surface area contributed by atoms with Gasteiger partial charge in [0.15, 0.2) is 5.82 Å². The number of ether oxygens (including phenoxy) is 1. The second kappa shape index (κ2) is 10.4. The molecular formula is C26H26F2N6O2. The van der Waals surface area contributed by atoms with Crippen LogP contribution in [-0.4, -0.2) is 50.5 Å². The van der Waals surface area contributed by atoms with Crippen molar-refractivity contribution < 1.29 is 18.3 Å². The van der Waals surface area contributed by atoms with Crippen LogP contribution in [0.25, 0.3) is 22.0 Å². The van der Waals surface area contributed by atoms with Crippen LogP contribution in [0, 0.1) is 0 Å². The van der Waals surface area contributed by atoms with Crippen LogP contribution in [0.3, 0.4) is 0 Å². The van der Waals surface area contributed by atoms with Crippen molar-refractivity contribution in [1.82, 2.24) is 24.9 Å². The molecule has 1 aliphatic heterocycles. The number of rotatable bonds is 7. The Hall–Kier alpha value is -3.92. The SMILES string of the molecule is Cn1ncc(-c2ccc3nnc(NC(=O)c4ccc(OC(F)F)cc4)cc3c2)c1CN1CCCCC1. The van der Waals surface area contributed by atoms with Crippen molar-refractivity contribution in [2.75, 3.05) is 18.4 Å². The van der Waals surface area contributed by atoms with Gasteiger partial charge in [0.05, 0.1) is 17.4 Å². The number of nitrogens with one attached hydrogen (secondary N) is 1. The van der Waals surface area contributed by atoms with E-state index in [1.165, 1.54) is 43.5 Å². The van der Waals surface area contributed by atoms with E-state index in [9.17, 15) is 13.6 Å². The summed E-state index contributed by atoms with van der Waals surface area (Å²) in [5, 5.41) is 16.4. The summed E-state index contributed by atoms with van der Waals surface area (Å²) in [6.45, 7) is 0.127. The zero-order valence-electron chi connectivity index (χ0n) is 19.8. The van der Waals surface area contributed by atoms with Crippen molar-refractivity contribution in [1.29, 1.82) is 0 Å². The van der Waals surface area contributed by atoms with E-state index in [0.717, 1.165) is 41.8 Å². The molecule has 10 heteroatoms. The topological polar surface area (TPSA) is 85.2 Å². The maximum atomic E-state index is 12.6. The number of likely N-dealkylation sites (tertiary alicyclic amines) is 1. The minimum atomic E-state index is -2.92. The summed E-state index contributed by atoms with van der Waals surface area (Å²) in [4.78, 5) is 15.1. The van der Waals surface area contributed by atoms with Gasteiger partial charge in [-0.3, -0.25) is 14.4 Å². The molecule has 0 saturated carbocycles. The molecule has 3 heterocycles. The highest BCUT2D eigenvalue weighted by Crippen LogP contribution is 2.28. The smallest absolute Gasteiger partial charge is 0.387 e. The highest BCUT2D eigenvalue weighted by atomic mass is 19.3. The number of hydrogen-bond acceptors (Lipinski definition) is 6. The van der Waals surface area contributed by atoms with Gasteiger partial charge < -0.3 is 10.1 Å². The first-order valence-corrected chi connectivity index (χ1v) is 11.8. The van der Waals surface area contributed by atoms with E-state index in [1.54, 1.807) is 6.07 Å². The molecule has 5 rings (SSSR count). The summed E-state index contributed by atoms with van der Waals surface area (Å²) < 4.78 is 30.9. The Bertz CT molecular complexity index is 1370. The first-order chi connectivity index (χ1) is 17.5. The lowest BCUT2D eigenvalue weighted by Gasteiger charge is -2.26. The van der Waals surface area contributed by atoms with Gasteiger partial charge in [-0.15, -0.1) is 10.2 Å². The first kappa shape index (κ1) is 23.8. The molecule has 0 atom stereocenters. The van der Waals surface area contributed by atoms with Crippen LogP contribution < -0.4 is 10.1 Å². The van der Waals surface area contributed by atoms with Crippen molar-refractivity contribution >= 4 is 22.6 Å². The minimum Gasteiger partial charge on any atom is -0.435 e. The number of aromatic nitrogens is 4. The molecule has 1 saturated heterocycles. The number of halogens is 2. The average molecular weight is 493 g/mol. The number of nitrogens with zero attached hydrogens (tertiary/aromatic N) is 5. The standard InChI is InChI=1S/C26H26F2N6O2/c1-33-23(16-34-11-3-2-4-12-34)21(15-29-33)18-7-10-22-19(13-18)14-24(32-31-22)30-25(35)17-5-8-20(9-6-17)36-26(27)28/h5-10,13-15,26H,2-4,11-12,16H2,1H3,(H,30,32,35). The normalized spacial score (nSPS) is 14.3. The Balaban J connectivity index is 1.36. The molecular weight excluding hydrogens is 466 g/mol. The summed E-state index contributed by atoms with van der Waals surface area (Å²) in [6.07, 6.45) is 5.63. The van der Waals surface area contributed by atoms with E-state index < -0.39 is 12.5 Å². The van der Waals surface area contributed by atoms with Gasteiger partial charge in [-0.05, 0) is 74.0 Å². The van der Waals surface area contributed by atoms with E-state index >= 15 is 0 Å². The van der Waals surface area contributed by atoms with E-state index in [0.29, 0.717) is 5.52 Å². The Labute approximate surface area is 206 Å². The van der Waals surface area contributed by atoms with Gasteiger partial charge >= 0.3 is 6.61 Å². The molecule has 1 fully saturated rings. The third-order valence-corrected chi connectivity index (χ3v) is 6.36. The molecule has 1 amide bonds. The lowest BCUT2D eigenvalue weighted by Crippen LogP contribution is -2.30. The summed E-state index contributed by atoms with van der Waals surface area (Å²) in [7, 11) is 1.97. The fourth-order valence-electron chi connectivity index (χ4n) is 4.47. The predicted molar refractivity (Wildman–Crippen MR) is 132 cm³/mol. The average Bonchev–Trinajstić information content (AvgIpc) is 3.24. The molecule has 0 bridgehead atoms. The number of carbonyl (C=O) groups is 1. The fraction of sp³-hybridized carbons (Fsp3) is 0.308. The predicted octanol–water partition coefficient (Wildman–Crippen LogP) is 4.87. The second-order valence-electron chi connectivity index (χ2n) is 8.83. The van der Waals surface area contributed by atoms with Gasteiger partial charge in [0.25, 0.3) is 5.91 Å². The lowest BCUT2D eigenvalue weighted by molar-refractivity contribution is -0.0498. The summed E-state index contributed by atoms with van der Waals surface area (Å²) >= 11 is 0. The number of anilines is 1. The van der Waals surface area contributed by atoms with Crippen LogP contribution in [0.1, 0.15) is 35.3 Å². The van der Waals surface area contributed by atoms with Crippen molar-refractivity contribution in [3.05, 3.63) is 66.0 Å². The molecule has 0 spiro atoms. The molecule has 8 nitrogen and oxygen atoms in total. The fourth-order valence-corrected chi connectivity index (χ4v) is 4.47. The van der Waals surface area contributed by atoms with E-state index in [2.05, 4.69) is 30.2 Å². The van der Waals surface area contributed by atoms with Gasteiger partial charge in [0.2, 0.25) is 0 Å². The van der Waals surface area contributed by atoms with Crippen molar-refractivity contribution in [3.8, 4) is 16.9 Å². The monoisotopic (exact) mass is 492 g/mol. The van der Waals surface area contributed by atoms with Crippen LogP contribution in [-0.2, 0) is 13.6 Å². The highest BCUT2D eigenvalue weighted by Gasteiger charge is 2.17. The van der Waals surface area contributed by atoms with Gasteiger partial charge in [-0.2, -0.15) is 13.9 Å². The van der Waals surface area contributed by atoms with Gasteiger partial charge in [0.1, 0.15) is 5.75 Å². The minimum absolute atomic E-state index is 0.0189. The molecule has 2 aromatic carbocycles. The molecule has 2 aromatic heterocycles.